The molecule has 2 N–H and O–H groups in total. The first-order chi connectivity index (χ1) is 7.48. The first-order valence-electron chi connectivity index (χ1n) is 5.67. The second-order valence-electron chi connectivity index (χ2n) is 4.65. The van der Waals surface area contributed by atoms with Crippen molar-refractivity contribution in [3.05, 3.63) is 35.6 Å². The molecule has 0 spiro atoms. The maximum Gasteiger partial charge on any atom is 0.123 e. The third-order valence-corrected chi connectivity index (χ3v) is 2.71. The predicted octanol–water partition coefficient (Wildman–Crippen LogP) is 2.34. The SMILES string of the molecule is CCCC(N)(CN(C)C)c1ccc(F)cc1. The molecule has 0 saturated carbocycles. The summed E-state index contributed by atoms with van der Waals surface area (Å²) in [7, 11) is 4.00. The highest BCUT2D eigenvalue weighted by Gasteiger charge is 2.26. The number of nitrogens with zero attached hydrogens (tertiary/aromatic N) is 1. The molecule has 0 aromatic heterocycles. The summed E-state index contributed by atoms with van der Waals surface area (Å²) in [5.41, 5.74) is 7.04. The highest BCUT2D eigenvalue weighted by atomic mass is 19.1. The lowest BCUT2D eigenvalue weighted by Crippen LogP contribution is -2.45. The smallest absolute Gasteiger partial charge is 0.123 e. The van der Waals surface area contributed by atoms with Gasteiger partial charge in [0, 0.05) is 6.54 Å². The molecule has 1 atom stereocenters. The molecular weight excluding hydrogens is 203 g/mol. The zero-order valence-corrected chi connectivity index (χ0v) is 10.3. The molecule has 0 fully saturated rings. The monoisotopic (exact) mass is 224 g/mol. The van der Waals surface area contributed by atoms with Gasteiger partial charge in [0.2, 0.25) is 0 Å². The third-order valence-electron chi connectivity index (χ3n) is 2.71. The van der Waals surface area contributed by atoms with Crippen molar-refractivity contribution < 1.29 is 4.39 Å². The lowest BCUT2D eigenvalue weighted by atomic mass is 9.86. The Kier molecular flexibility index (Phi) is 4.44. The Hall–Kier alpha value is -0.930. The van der Waals surface area contributed by atoms with Crippen molar-refractivity contribution in [2.75, 3.05) is 20.6 Å². The van der Waals surface area contributed by atoms with Crippen LogP contribution in [0.4, 0.5) is 4.39 Å². The van der Waals surface area contributed by atoms with Gasteiger partial charge in [-0.1, -0.05) is 25.5 Å². The molecule has 3 heteroatoms. The average Bonchev–Trinajstić information content (AvgIpc) is 2.17. The molecule has 1 rings (SSSR count). The van der Waals surface area contributed by atoms with Gasteiger partial charge in [0.15, 0.2) is 0 Å². The summed E-state index contributed by atoms with van der Waals surface area (Å²) >= 11 is 0. The molecule has 0 aliphatic rings. The van der Waals surface area contributed by atoms with E-state index < -0.39 is 0 Å². The van der Waals surface area contributed by atoms with Gasteiger partial charge in [0.1, 0.15) is 5.82 Å². The summed E-state index contributed by atoms with van der Waals surface area (Å²) in [6, 6.07) is 6.52. The summed E-state index contributed by atoms with van der Waals surface area (Å²) in [4.78, 5) is 2.07. The van der Waals surface area contributed by atoms with Crippen molar-refractivity contribution in [3.63, 3.8) is 0 Å². The van der Waals surface area contributed by atoms with Crippen LogP contribution in [0.3, 0.4) is 0 Å². The fourth-order valence-corrected chi connectivity index (χ4v) is 2.11. The largest absolute Gasteiger partial charge is 0.320 e. The van der Waals surface area contributed by atoms with E-state index in [2.05, 4.69) is 11.8 Å². The molecule has 2 nitrogen and oxygen atoms in total. The molecule has 0 heterocycles. The third kappa shape index (κ3) is 3.29. The van der Waals surface area contributed by atoms with Crippen molar-refractivity contribution in [2.24, 2.45) is 5.73 Å². The molecule has 0 radical (unpaired) electrons. The molecule has 0 saturated heterocycles. The minimum Gasteiger partial charge on any atom is -0.320 e. The summed E-state index contributed by atoms with van der Waals surface area (Å²) in [6.45, 7) is 2.88. The Labute approximate surface area is 97.3 Å². The van der Waals surface area contributed by atoms with Crippen LogP contribution in [0, 0.1) is 5.82 Å². The highest BCUT2D eigenvalue weighted by molar-refractivity contribution is 5.25. The van der Waals surface area contributed by atoms with Gasteiger partial charge >= 0.3 is 0 Å². The molecule has 90 valence electrons. The number of hydrogen-bond donors (Lipinski definition) is 1. The molecule has 16 heavy (non-hydrogen) atoms. The fourth-order valence-electron chi connectivity index (χ4n) is 2.11. The van der Waals surface area contributed by atoms with Gasteiger partial charge in [-0.2, -0.15) is 0 Å². The van der Waals surface area contributed by atoms with Gasteiger partial charge in [-0.15, -0.1) is 0 Å². The fraction of sp³-hybridized carbons (Fsp3) is 0.538. The summed E-state index contributed by atoms with van der Waals surface area (Å²) in [5.74, 6) is -0.215. The van der Waals surface area contributed by atoms with Gasteiger partial charge in [-0.25, -0.2) is 4.39 Å². The quantitative estimate of drug-likeness (QED) is 0.831. The minimum atomic E-state index is -0.383. The van der Waals surface area contributed by atoms with E-state index >= 15 is 0 Å². The van der Waals surface area contributed by atoms with Gasteiger partial charge in [0.05, 0.1) is 5.54 Å². The van der Waals surface area contributed by atoms with E-state index in [1.54, 1.807) is 12.1 Å². The van der Waals surface area contributed by atoms with Gasteiger partial charge in [-0.05, 0) is 38.2 Å². The van der Waals surface area contributed by atoms with E-state index in [0.717, 1.165) is 24.9 Å². The van der Waals surface area contributed by atoms with Crippen molar-refractivity contribution in [1.82, 2.24) is 4.90 Å². The number of hydrogen-bond acceptors (Lipinski definition) is 2. The van der Waals surface area contributed by atoms with Crippen LogP contribution in [-0.4, -0.2) is 25.5 Å². The number of halogens is 1. The highest BCUT2D eigenvalue weighted by Crippen LogP contribution is 2.24. The first kappa shape index (κ1) is 13.1. The lowest BCUT2D eigenvalue weighted by molar-refractivity contribution is 0.269. The van der Waals surface area contributed by atoms with E-state index in [-0.39, 0.29) is 11.4 Å². The van der Waals surface area contributed by atoms with Crippen molar-refractivity contribution in [3.8, 4) is 0 Å². The van der Waals surface area contributed by atoms with Crippen LogP contribution in [0.2, 0.25) is 0 Å². The minimum absolute atomic E-state index is 0.215. The Morgan fingerprint density at radius 2 is 1.81 bits per heavy atom. The molecule has 0 aliphatic heterocycles. The van der Waals surface area contributed by atoms with Crippen LogP contribution in [0.1, 0.15) is 25.3 Å². The Morgan fingerprint density at radius 1 is 1.25 bits per heavy atom. The molecular formula is C13H21FN2. The van der Waals surface area contributed by atoms with Crippen LogP contribution in [0.15, 0.2) is 24.3 Å². The number of rotatable bonds is 5. The average molecular weight is 224 g/mol. The zero-order valence-electron chi connectivity index (χ0n) is 10.3. The van der Waals surface area contributed by atoms with Crippen molar-refractivity contribution in [2.45, 2.75) is 25.3 Å². The van der Waals surface area contributed by atoms with Crippen molar-refractivity contribution >= 4 is 0 Å². The van der Waals surface area contributed by atoms with Crippen LogP contribution in [0.5, 0.6) is 0 Å². The Balaban J connectivity index is 2.95. The van der Waals surface area contributed by atoms with E-state index in [9.17, 15) is 4.39 Å². The number of likely N-dealkylation sites (N-methyl/N-ethyl adjacent to an activating group) is 1. The van der Waals surface area contributed by atoms with Gasteiger partial charge < -0.3 is 10.6 Å². The van der Waals surface area contributed by atoms with Crippen LogP contribution in [0.25, 0.3) is 0 Å². The standard InChI is InChI=1S/C13H21FN2/c1-4-9-13(15,10-16(2)3)11-5-7-12(14)8-6-11/h5-8H,4,9-10,15H2,1-3H3. The predicted molar refractivity (Wildman–Crippen MR) is 65.7 cm³/mol. The number of nitrogens with two attached hydrogens (primary N) is 1. The van der Waals surface area contributed by atoms with Crippen molar-refractivity contribution in [1.29, 1.82) is 0 Å². The zero-order chi connectivity index (χ0) is 12.2. The lowest BCUT2D eigenvalue weighted by Gasteiger charge is -2.32. The second kappa shape index (κ2) is 5.41. The van der Waals surface area contributed by atoms with Crippen LogP contribution < -0.4 is 5.73 Å². The van der Waals surface area contributed by atoms with Crippen LogP contribution >= 0.6 is 0 Å². The molecule has 0 aliphatic carbocycles. The maximum atomic E-state index is 12.9. The van der Waals surface area contributed by atoms with Gasteiger partial charge in [-0.3, -0.25) is 0 Å². The Bertz CT molecular complexity index is 321. The normalized spacial score (nSPS) is 15.1. The topological polar surface area (TPSA) is 29.3 Å². The summed E-state index contributed by atoms with van der Waals surface area (Å²) in [6.07, 6.45) is 1.92. The molecule has 0 bridgehead atoms. The van der Waals surface area contributed by atoms with Crippen LogP contribution in [-0.2, 0) is 5.54 Å². The molecule has 1 aromatic carbocycles. The summed E-state index contributed by atoms with van der Waals surface area (Å²) in [5, 5.41) is 0. The summed E-state index contributed by atoms with van der Waals surface area (Å²) < 4.78 is 12.9. The van der Waals surface area contributed by atoms with E-state index in [0.29, 0.717) is 0 Å². The van der Waals surface area contributed by atoms with Gasteiger partial charge in [0.25, 0.3) is 0 Å². The molecule has 1 aromatic rings. The Morgan fingerprint density at radius 3 is 2.25 bits per heavy atom. The van der Waals surface area contributed by atoms with E-state index in [4.69, 9.17) is 5.73 Å². The second-order valence-corrected chi connectivity index (χ2v) is 4.65. The molecule has 1 unspecified atom stereocenters. The van der Waals surface area contributed by atoms with E-state index in [1.807, 2.05) is 14.1 Å². The van der Waals surface area contributed by atoms with E-state index in [1.165, 1.54) is 12.1 Å². The first-order valence-corrected chi connectivity index (χ1v) is 5.67. The number of benzene rings is 1. The maximum absolute atomic E-state index is 12.9. The molecule has 0 amide bonds.